The van der Waals surface area contributed by atoms with Crippen LogP contribution in [0.25, 0.3) is 0 Å². The van der Waals surface area contributed by atoms with E-state index in [1.165, 1.54) is 31.5 Å². The van der Waals surface area contributed by atoms with E-state index in [2.05, 4.69) is 15.6 Å². The number of amides is 1. The van der Waals surface area contributed by atoms with E-state index in [1.54, 1.807) is 24.3 Å². The van der Waals surface area contributed by atoms with Crippen LogP contribution in [0.3, 0.4) is 0 Å². The van der Waals surface area contributed by atoms with Crippen molar-refractivity contribution in [1.29, 1.82) is 0 Å². The van der Waals surface area contributed by atoms with Gasteiger partial charge in [-0.3, -0.25) is 4.79 Å². The minimum atomic E-state index is -4.43. The van der Waals surface area contributed by atoms with Gasteiger partial charge in [-0.15, -0.1) is 0 Å². The van der Waals surface area contributed by atoms with Gasteiger partial charge in [0.2, 0.25) is 0 Å². The van der Waals surface area contributed by atoms with Gasteiger partial charge in [0.25, 0.3) is 5.91 Å². The number of benzene rings is 2. The largest absolute Gasteiger partial charge is 0.503 e. The van der Waals surface area contributed by atoms with Crippen LogP contribution in [0.15, 0.2) is 60.8 Å². The average molecular weight is 403 g/mol. The number of nitrogens with one attached hydrogen (secondary N) is 2. The number of aromatic hydroxyl groups is 1. The molecule has 9 heteroatoms. The van der Waals surface area contributed by atoms with E-state index in [-0.39, 0.29) is 22.9 Å². The highest BCUT2D eigenvalue weighted by Crippen LogP contribution is 2.32. The molecule has 0 fully saturated rings. The zero-order valence-corrected chi connectivity index (χ0v) is 15.1. The minimum absolute atomic E-state index is 0.116. The lowest BCUT2D eigenvalue weighted by molar-refractivity contribution is -0.137. The van der Waals surface area contributed by atoms with E-state index >= 15 is 0 Å². The van der Waals surface area contributed by atoms with Crippen LogP contribution in [-0.4, -0.2) is 23.1 Å². The summed E-state index contributed by atoms with van der Waals surface area (Å²) >= 11 is 0. The monoisotopic (exact) mass is 403 g/mol. The van der Waals surface area contributed by atoms with Crippen molar-refractivity contribution in [3.05, 3.63) is 72.1 Å². The highest BCUT2D eigenvalue weighted by atomic mass is 19.4. The molecule has 0 bridgehead atoms. The molecule has 3 N–H and O–H groups in total. The molecule has 0 unspecified atom stereocenters. The Hall–Kier alpha value is -3.75. The first-order valence-corrected chi connectivity index (χ1v) is 8.35. The van der Waals surface area contributed by atoms with Crippen LogP contribution in [0.5, 0.6) is 11.5 Å². The zero-order chi connectivity index (χ0) is 21.0. The Labute approximate surface area is 164 Å². The van der Waals surface area contributed by atoms with E-state index in [1.807, 2.05) is 0 Å². The number of rotatable bonds is 5. The molecule has 1 aromatic heterocycles. The summed E-state index contributed by atoms with van der Waals surface area (Å²) in [6.45, 7) is 0. The molecule has 2 aromatic carbocycles. The van der Waals surface area contributed by atoms with Crippen molar-refractivity contribution in [2.24, 2.45) is 0 Å². The summed E-state index contributed by atoms with van der Waals surface area (Å²) < 4.78 is 43.3. The number of carbonyl (C=O) groups is 1. The number of halogens is 3. The third-order valence-corrected chi connectivity index (χ3v) is 3.94. The van der Waals surface area contributed by atoms with Crippen molar-refractivity contribution in [1.82, 2.24) is 4.98 Å². The molecule has 0 saturated heterocycles. The Bertz CT molecular complexity index is 1020. The topological polar surface area (TPSA) is 83.5 Å². The predicted molar refractivity (Wildman–Crippen MR) is 102 cm³/mol. The van der Waals surface area contributed by atoms with Crippen LogP contribution in [0.2, 0.25) is 0 Å². The first-order valence-electron chi connectivity index (χ1n) is 8.35. The smallest absolute Gasteiger partial charge is 0.416 e. The number of aromatic nitrogens is 1. The molecule has 6 nitrogen and oxygen atoms in total. The minimum Gasteiger partial charge on any atom is -0.503 e. The maximum atomic E-state index is 12.8. The first kappa shape index (κ1) is 20.0. The van der Waals surface area contributed by atoms with Gasteiger partial charge >= 0.3 is 6.18 Å². The number of methoxy groups -OCH3 is 1. The van der Waals surface area contributed by atoms with Gasteiger partial charge in [-0.2, -0.15) is 13.2 Å². The fourth-order valence-corrected chi connectivity index (χ4v) is 2.53. The normalized spacial score (nSPS) is 11.0. The lowest BCUT2D eigenvalue weighted by atomic mass is 10.2. The third kappa shape index (κ3) is 4.75. The standard InChI is InChI=1S/C20H16F3N3O3/c1-29-16-9-10-24-17(18(16)27)19(28)26-14-7-5-13(6-8-14)25-15-4-2-3-12(11-15)20(21,22)23/h2-11,25,27H,1H3,(H,26,28). The molecule has 0 spiro atoms. The van der Waals surface area contributed by atoms with E-state index in [9.17, 15) is 23.1 Å². The van der Waals surface area contributed by atoms with Crippen LogP contribution in [0.4, 0.5) is 30.2 Å². The van der Waals surface area contributed by atoms with Gasteiger partial charge in [0.1, 0.15) is 0 Å². The summed E-state index contributed by atoms with van der Waals surface area (Å²) in [7, 11) is 1.35. The molecule has 1 heterocycles. The quantitative estimate of drug-likeness (QED) is 0.569. The summed E-state index contributed by atoms with van der Waals surface area (Å²) in [4.78, 5) is 16.1. The fourth-order valence-electron chi connectivity index (χ4n) is 2.53. The molecule has 3 aromatic rings. The highest BCUT2D eigenvalue weighted by molar-refractivity contribution is 6.05. The zero-order valence-electron chi connectivity index (χ0n) is 15.1. The van der Waals surface area contributed by atoms with Gasteiger partial charge in [-0.25, -0.2) is 4.98 Å². The second kappa shape index (κ2) is 8.09. The molecule has 0 saturated carbocycles. The number of hydrogen-bond donors (Lipinski definition) is 3. The molecule has 0 radical (unpaired) electrons. The van der Waals surface area contributed by atoms with E-state index in [0.29, 0.717) is 11.4 Å². The molecule has 150 valence electrons. The van der Waals surface area contributed by atoms with Crippen molar-refractivity contribution >= 4 is 23.0 Å². The molecule has 0 aliphatic heterocycles. The molecule has 0 atom stereocenters. The Kier molecular flexibility index (Phi) is 5.58. The molecule has 1 amide bonds. The molecule has 29 heavy (non-hydrogen) atoms. The summed E-state index contributed by atoms with van der Waals surface area (Å²) in [6, 6.07) is 12.5. The number of pyridine rings is 1. The first-order chi connectivity index (χ1) is 13.8. The van der Waals surface area contributed by atoms with Crippen molar-refractivity contribution in [3.63, 3.8) is 0 Å². The number of alkyl halides is 3. The number of ether oxygens (including phenoxy) is 1. The number of hydrogen-bond acceptors (Lipinski definition) is 5. The number of carbonyl (C=O) groups excluding carboxylic acids is 1. The summed E-state index contributed by atoms with van der Waals surface area (Å²) in [5.74, 6) is -0.902. The molecular formula is C20H16F3N3O3. The fraction of sp³-hybridized carbons (Fsp3) is 0.100. The van der Waals surface area contributed by atoms with Gasteiger partial charge in [0, 0.05) is 29.3 Å². The van der Waals surface area contributed by atoms with Crippen LogP contribution >= 0.6 is 0 Å². The Balaban J connectivity index is 1.70. The second-order valence-electron chi connectivity index (χ2n) is 5.95. The Morgan fingerprint density at radius 2 is 1.72 bits per heavy atom. The lowest BCUT2D eigenvalue weighted by Gasteiger charge is -2.12. The SMILES string of the molecule is COc1ccnc(C(=O)Nc2ccc(Nc3cccc(C(F)(F)F)c3)cc2)c1O. The van der Waals surface area contributed by atoms with Gasteiger partial charge in [-0.05, 0) is 42.5 Å². The predicted octanol–water partition coefficient (Wildman–Crippen LogP) is 4.81. The third-order valence-electron chi connectivity index (χ3n) is 3.94. The van der Waals surface area contributed by atoms with Gasteiger partial charge in [-0.1, -0.05) is 6.07 Å². The molecular weight excluding hydrogens is 387 g/mol. The van der Waals surface area contributed by atoms with E-state index in [0.717, 1.165) is 12.1 Å². The molecule has 3 rings (SSSR count). The van der Waals surface area contributed by atoms with E-state index in [4.69, 9.17) is 4.74 Å². The summed E-state index contributed by atoms with van der Waals surface area (Å²) in [6.07, 6.45) is -3.10. The maximum Gasteiger partial charge on any atom is 0.416 e. The van der Waals surface area contributed by atoms with Crippen LogP contribution in [-0.2, 0) is 6.18 Å². The van der Waals surface area contributed by atoms with E-state index < -0.39 is 17.6 Å². The van der Waals surface area contributed by atoms with Crippen LogP contribution < -0.4 is 15.4 Å². The molecule has 0 aliphatic rings. The molecule has 0 aliphatic carbocycles. The van der Waals surface area contributed by atoms with Crippen LogP contribution in [0.1, 0.15) is 16.1 Å². The van der Waals surface area contributed by atoms with Crippen LogP contribution in [0, 0.1) is 0 Å². The Morgan fingerprint density at radius 1 is 1.03 bits per heavy atom. The summed E-state index contributed by atoms with van der Waals surface area (Å²) in [5, 5.41) is 15.4. The van der Waals surface area contributed by atoms with Gasteiger partial charge in [0.15, 0.2) is 17.2 Å². The van der Waals surface area contributed by atoms with Gasteiger partial charge in [0.05, 0.1) is 12.7 Å². The van der Waals surface area contributed by atoms with Crippen molar-refractivity contribution < 1.29 is 27.8 Å². The van der Waals surface area contributed by atoms with Gasteiger partial charge < -0.3 is 20.5 Å². The van der Waals surface area contributed by atoms with Crippen molar-refractivity contribution in [2.45, 2.75) is 6.18 Å². The average Bonchev–Trinajstić information content (AvgIpc) is 2.69. The lowest BCUT2D eigenvalue weighted by Crippen LogP contribution is -2.14. The van der Waals surface area contributed by atoms with Crippen molar-refractivity contribution in [3.8, 4) is 11.5 Å². The Morgan fingerprint density at radius 3 is 2.38 bits per heavy atom. The maximum absolute atomic E-state index is 12.8. The number of anilines is 3. The second-order valence-corrected chi connectivity index (χ2v) is 5.95. The van der Waals surface area contributed by atoms with Crippen molar-refractivity contribution in [2.75, 3.05) is 17.7 Å². The summed E-state index contributed by atoms with van der Waals surface area (Å²) in [5.41, 5.74) is 0.271. The highest BCUT2D eigenvalue weighted by Gasteiger charge is 2.30. The number of nitrogens with zero attached hydrogens (tertiary/aromatic N) is 1.